The van der Waals surface area contributed by atoms with Crippen LogP contribution in [0.15, 0.2) is 54.6 Å². The Hall–Kier alpha value is -2.59. The maximum absolute atomic E-state index is 5.20. The van der Waals surface area contributed by atoms with E-state index >= 15 is 0 Å². The lowest BCUT2D eigenvalue weighted by Gasteiger charge is -2.31. The molecule has 0 bridgehead atoms. The van der Waals surface area contributed by atoms with Crippen molar-refractivity contribution in [3.8, 4) is 5.69 Å². The fraction of sp³-hybridized carbons (Fsp3) is 0.423. The van der Waals surface area contributed by atoms with E-state index in [1.165, 1.54) is 59.6 Å². The monoisotopic (exact) mass is 400 g/mol. The minimum atomic E-state index is 0.567. The minimum Gasteiger partial charge on any atom is -0.370 e. The summed E-state index contributed by atoms with van der Waals surface area (Å²) in [6.45, 7) is 6.54. The third-order valence-electron chi connectivity index (χ3n) is 6.66. The lowest BCUT2D eigenvalue weighted by atomic mass is 9.90. The number of hydrogen-bond donors (Lipinski definition) is 1. The number of nitrogens with one attached hydrogen (secondary N) is 1. The Labute approximate surface area is 179 Å². The first-order valence-electron chi connectivity index (χ1n) is 11.5. The zero-order chi connectivity index (χ0) is 20.3. The van der Waals surface area contributed by atoms with Crippen LogP contribution < -0.4 is 5.32 Å². The summed E-state index contributed by atoms with van der Waals surface area (Å²) >= 11 is 0. The molecule has 0 amide bonds. The summed E-state index contributed by atoms with van der Waals surface area (Å²) in [6.07, 6.45) is 6.03. The van der Waals surface area contributed by atoms with Gasteiger partial charge in [-0.05, 0) is 69.8 Å². The van der Waals surface area contributed by atoms with Crippen LogP contribution in [0, 0.1) is 6.92 Å². The van der Waals surface area contributed by atoms with Crippen LogP contribution in [0.5, 0.6) is 0 Å². The van der Waals surface area contributed by atoms with Crippen molar-refractivity contribution in [1.82, 2.24) is 14.7 Å². The summed E-state index contributed by atoms with van der Waals surface area (Å²) in [6, 6.07) is 19.6. The summed E-state index contributed by atoms with van der Waals surface area (Å²) < 4.78 is 2.17. The number of hydrogen-bond acceptors (Lipinski definition) is 3. The van der Waals surface area contributed by atoms with Crippen LogP contribution in [-0.2, 0) is 13.0 Å². The minimum absolute atomic E-state index is 0.567. The van der Waals surface area contributed by atoms with Gasteiger partial charge in [-0.2, -0.15) is 5.10 Å². The molecule has 1 N–H and O–H groups in total. The standard InChI is InChI=1S/C26H32N4/c1-20-10-12-23(13-11-20)30-26-24(9-5-6-16-27-26)25(28-30)22-14-17-29(18-15-22)19-21-7-3-2-4-8-21/h2-4,7-8,10-13,22,27H,5-6,9,14-19H2,1H3. The summed E-state index contributed by atoms with van der Waals surface area (Å²) in [5.74, 6) is 1.80. The highest BCUT2D eigenvalue weighted by Gasteiger charge is 2.29. The van der Waals surface area contributed by atoms with Crippen molar-refractivity contribution in [1.29, 1.82) is 0 Å². The molecule has 5 rings (SSSR count). The quantitative estimate of drug-likeness (QED) is 0.644. The molecule has 2 aromatic carbocycles. The normalized spacial score (nSPS) is 17.9. The van der Waals surface area contributed by atoms with Gasteiger partial charge < -0.3 is 5.32 Å². The van der Waals surface area contributed by atoms with Crippen molar-refractivity contribution in [2.75, 3.05) is 25.0 Å². The van der Waals surface area contributed by atoms with Gasteiger partial charge in [0.1, 0.15) is 5.82 Å². The van der Waals surface area contributed by atoms with E-state index in [9.17, 15) is 0 Å². The topological polar surface area (TPSA) is 33.1 Å². The molecule has 4 heteroatoms. The van der Waals surface area contributed by atoms with Crippen molar-refractivity contribution in [3.63, 3.8) is 0 Å². The van der Waals surface area contributed by atoms with Crippen LogP contribution >= 0.6 is 0 Å². The lowest BCUT2D eigenvalue weighted by molar-refractivity contribution is 0.203. The largest absolute Gasteiger partial charge is 0.370 e. The number of anilines is 1. The average molecular weight is 401 g/mol. The molecular formula is C26H32N4. The van der Waals surface area contributed by atoms with Crippen LogP contribution in [0.1, 0.15) is 54.0 Å². The molecule has 2 aliphatic rings. The molecule has 0 saturated carbocycles. The molecule has 0 spiro atoms. The van der Waals surface area contributed by atoms with Gasteiger partial charge in [-0.3, -0.25) is 4.90 Å². The molecule has 3 aromatic rings. The second-order valence-corrected chi connectivity index (χ2v) is 8.88. The Morgan fingerprint density at radius 1 is 0.967 bits per heavy atom. The number of likely N-dealkylation sites (tertiary alicyclic amines) is 1. The van der Waals surface area contributed by atoms with E-state index in [1.807, 2.05) is 0 Å². The smallest absolute Gasteiger partial charge is 0.133 e. The first kappa shape index (κ1) is 19.4. The first-order valence-corrected chi connectivity index (χ1v) is 11.5. The van der Waals surface area contributed by atoms with Gasteiger partial charge in [0, 0.05) is 24.6 Å². The molecule has 1 aromatic heterocycles. The predicted molar refractivity (Wildman–Crippen MR) is 123 cm³/mol. The highest BCUT2D eigenvalue weighted by atomic mass is 15.3. The molecule has 0 atom stereocenters. The fourth-order valence-electron chi connectivity index (χ4n) is 4.94. The van der Waals surface area contributed by atoms with Crippen molar-refractivity contribution in [2.24, 2.45) is 0 Å². The lowest BCUT2D eigenvalue weighted by Crippen LogP contribution is -2.32. The van der Waals surface area contributed by atoms with Crippen molar-refractivity contribution >= 4 is 5.82 Å². The maximum atomic E-state index is 5.20. The second-order valence-electron chi connectivity index (χ2n) is 8.88. The van der Waals surface area contributed by atoms with E-state index in [0.29, 0.717) is 5.92 Å². The van der Waals surface area contributed by atoms with E-state index in [0.717, 1.165) is 32.6 Å². The van der Waals surface area contributed by atoms with Gasteiger partial charge >= 0.3 is 0 Å². The SMILES string of the molecule is Cc1ccc(-n2nc(C3CCN(Cc4ccccc4)CC3)c3c2NCCCC3)cc1. The van der Waals surface area contributed by atoms with Gasteiger partial charge in [0.25, 0.3) is 0 Å². The summed E-state index contributed by atoms with van der Waals surface area (Å²) in [5.41, 5.74) is 6.68. The van der Waals surface area contributed by atoms with E-state index in [4.69, 9.17) is 5.10 Å². The Balaban J connectivity index is 1.37. The molecule has 0 radical (unpaired) electrons. The summed E-state index contributed by atoms with van der Waals surface area (Å²) in [4.78, 5) is 2.60. The number of fused-ring (bicyclic) bond motifs is 1. The van der Waals surface area contributed by atoms with Crippen molar-refractivity contribution in [2.45, 2.75) is 51.5 Å². The van der Waals surface area contributed by atoms with Crippen LogP contribution in [0.3, 0.4) is 0 Å². The molecule has 0 unspecified atom stereocenters. The summed E-state index contributed by atoms with van der Waals surface area (Å²) in [7, 11) is 0. The fourth-order valence-corrected chi connectivity index (χ4v) is 4.94. The van der Waals surface area contributed by atoms with Gasteiger partial charge in [0.2, 0.25) is 0 Å². The highest BCUT2D eigenvalue weighted by molar-refractivity contribution is 5.55. The van der Waals surface area contributed by atoms with Crippen molar-refractivity contribution < 1.29 is 0 Å². The van der Waals surface area contributed by atoms with Crippen molar-refractivity contribution in [3.05, 3.63) is 77.0 Å². The predicted octanol–water partition coefficient (Wildman–Crippen LogP) is 5.31. The van der Waals surface area contributed by atoms with E-state index < -0.39 is 0 Å². The number of benzene rings is 2. The zero-order valence-electron chi connectivity index (χ0n) is 18.0. The van der Waals surface area contributed by atoms with Gasteiger partial charge in [0.15, 0.2) is 0 Å². The second kappa shape index (κ2) is 8.65. The zero-order valence-corrected chi connectivity index (χ0v) is 18.0. The Morgan fingerprint density at radius 2 is 1.73 bits per heavy atom. The Morgan fingerprint density at radius 3 is 2.50 bits per heavy atom. The van der Waals surface area contributed by atoms with Gasteiger partial charge in [-0.15, -0.1) is 0 Å². The van der Waals surface area contributed by atoms with Crippen LogP contribution in [0.25, 0.3) is 5.69 Å². The number of aromatic nitrogens is 2. The molecule has 3 heterocycles. The Kier molecular flexibility index (Phi) is 5.58. The number of rotatable bonds is 4. The molecule has 0 aliphatic carbocycles. The molecule has 2 aliphatic heterocycles. The number of nitrogens with zero attached hydrogens (tertiary/aromatic N) is 3. The van der Waals surface area contributed by atoms with Crippen LogP contribution in [0.4, 0.5) is 5.82 Å². The van der Waals surface area contributed by atoms with Crippen LogP contribution in [0.2, 0.25) is 0 Å². The number of aryl methyl sites for hydroxylation is 1. The van der Waals surface area contributed by atoms with E-state index in [2.05, 4.69) is 76.4 Å². The molecular weight excluding hydrogens is 368 g/mol. The van der Waals surface area contributed by atoms with Gasteiger partial charge in [-0.25, -0.2) is 4.68 Å². The van der Waals surface area contributed by atoms with Gasteiger partial charge in [0.05, 0.1) is 11.4 Å². The molecule has 4 nitrogen and oxygen atoms in total. The van der Waals surface area contributed by atoms with E-state index in [-0.39, 0.29) is 0 Å². The molecule has 1 fully saturated rings. The highest BCUT2D eigenvalue weighted by Crippen LogP contribution is 2.36. The van der Waals surface area contributed by atoms with E-state index in [1.54, 1.807) is 0 Å². The third-order valence-corrected chi connectivity index (χ3v) is 6.66. The Bertz CT molecular complexity index is 966. The molecule has 1 saturated heterocycles. The first-order chi connectivity index (χ1) is 14.8. The third kappa shape index (κ3) is 4.01. The van der Waals surface area contributed by atoms with Crippen LogP contribution in [-0.4, -0.2) is 34.3 Å². The summed E-state index contributed by atoms with van der Waals surface area (Å²) in [5, 5.41) is 8.90. The maximum Gasteiger partial charge on any atom is 0.133 e. The average Bonchev–Trinajstić information content (AvgIpc) is 2.97. The molecule has 156 valence electrons. The molecule has 30 heavy (non-hydrogen) atoms. The number of piperidine rings is 1. The van der Waals surface area contributed by atoms with Gasteiger partial charge in [-0.1, -0.05) is 48.0 Å².